The van der Waals surface area contributed by atoms with Crippen LogP contribution in [-0.2, 0) is 4.79 Å². The Morgan fingerprint density at radius 1 is 1.59 bits per heavy atom. The topological polar surface area (TPSA) is 32.3 Å². The normalized spacial score (nSPS) is 29.2. The fourth-order valence-electron chi connectivity index (χ4n) is 2.73. The van der Waals surface area contributed by atoms with Crippen LogP contribution in [0.4, 0.5) is 0 Å². The Balaban J connectivity index is 1.93. The van der Waals surface area contributed by atoms with Crippen molar-refractivity contribution >= 4 is 17.7 Å². The van der Waals surface area contributed by atoms with Crippen LogP contribution in [0.5, 0.6) is 0 Å². The molecule has 2 fully saturated rings. The predicted octanol–water partition coefficient (Wildman–Crippen LogP) is 2.08. The summed E-state index contributed by atoms with van der Waals surface area (Å²) < 4.78 is 0.363. The van der Waals surface area contributed by atoms with Gasteiger partial charge in [0.15, 0.2) is 0 Å². The molecular weight excluding hydrogens is 232 g/mol. The Bertz CT molecular complexity index is 286. The van der Waals surface area contributed by atoms with Crippen molar-refractivity contribution in [3.05, 3.63) is 0 Å². The van der Waals surface area contributed by atoms with E-state index in [2.05, 4.69) is 25.4 Å². The molecule has 3 nitrogen and oxygen atoms in total. The van der Waals surface area contributed by atoms with Gasteiger partial charge in [0.1, 0.15) is 0 Å². The zero-order valence-electron chi connectivity index (χ0n) is 11.2. The second-order valence-electron chi connectivity index (χ2n) is 5.50. The van der Waals surface area contributed by atoms with Gasteiger partial charge in [0.25, 0.3) is 0 Å². The molecule has 2 aliphatic rings. The summed E-state index contributed by atoms with van der Waals surface area (Å²) >= 11 is 1.94. The zero-order valence-corrected chi connectivity index (χ0v) is 12.0. The largest absolute Gasteiger partial charge is 0.327 e. The van der Waals surface area contributed by atoms with E-state index >= 15 is 0 Å². The van der Waals surface area contributed by atoms with Gasteiger partial charge < -0.3 is 4.90 Å². The zero-order chi connectivity index (χ0) is 12.5. The van der Waals surface area contributed by atoms with E-state index in [9.17, 15) is 4.79 Å². The number of nitrogens with one attached hydrogen (secondary N) is 1. The van der Waals surface area contributed by atoms with E-state index in [0.29, 0.717) is 16.6 Å². The van der Waals surface area contributed by atoms with Crippen LogP contribution in [0.25, 0.3) is 0 Å². The highest BCUT2D eigenvalue weighted by Gasteiger charge is 2.42. The SMILES string of the molecule is CCC(C)C1NCN(CC2(SC)CCC2)C1=O. The van der Waals surface area contributed by atoms with E-state index in [4.69, 9.17) is 0 Å². The molecule has 2 atom stereocenters. The summed E-state index contributed by atoms with van der Waals surface area (Å²) in [6.45, 7) is 5.99. The van der Waals surface area contributed by atoms with E-state index in [-0.39, 0.29) is 6.04 Å². The summed E-state index contributed by atoms with van der Waals surface area (Å²) in [5, 5.41) is 3.37. The van der Waals surface area contributed by atoms with Gasteiger partial charge in [-0.15, -0.1) is 0 Å². The maximum absolute atomic E-state index is 12.3. The molecule has 1 saturated carbocycles. The average Bonchev–Trinajstić information content (AvgIpc) is 2.64. The lowest BCUT2D eigenvalue weighted by molar-refractivity contribution is -0.130. The van der Waals surface area contributed by atoms with Crippen LogP contribution in [0, 0.1) is 5.92 Å². The Morgan fingerprint density at radius 2 is 2.29 bits per heavy atom. The Kier molecular flexibility index (Phi) is 4.03. The smallest absolute Gasteiger partial charge is 0.241 e. The Hall–Kier alpha value is -0.220. The summed E-state index contributed by atoms with van der Waals surface area (Å²) in [6.07, 6.45) is 7.10. The highest BCUT2D eigenvalue weighted by Crippen LogP contribution is 2.43. The quantitative estimate of drug-likeness (QED) is 0.817. The van der Waals surface area contributed by atoms with Crippen LogP contribution in [0.1, 0.15) is 39.5 Å². The first-order chi connectivity index (χ1) is 8.12. The third kappa shape index (κ3) is 2.48. The maximum atomic E-state index is 12.3. The minimum absolute atomic E-state index is 0.0546. The van der Waals surface area contributed by atoms with Crippen molar-refractivity contribution in [2.45, 2.75) is 50.3 Å². The van der Waals surface area contributed by atoms with Crippen LogP contribution in [0.3, 0.4) is 0 Å². The summed E-state index contributed by atoms with van der Waals surface area (Å²) in [6, 6.07) is 0.0546. The maximum Gasteiger partial charge on any atom is 0.241 e. The van der Waals surface area contributed by atoms with Crippen molar-refractivity contribution in [2.75, 3.05) is 19.5 Å². The second-order valence-corrected chi connectivity index (χ2v) is 6.78. The molecule has 1 N–H and O–H groups in total. The Labute approximate surface area is 109 Å². The van der Waals surface area contributed by atoms with Crippen LogP contribution in [-0.4, -0.2) is 41.1 Å². The Morgan fingerprint density at radius 3 is 2.76 bits per heavy atom. The molecule has 1 aliphatic carbocycles. The first kappa shape index (κ1) is 13.2. The molecule has 17 heavy (non-hydrogen) atoms. The van der Waals surface area contributed by atoms with Crippen molar-refractivity contribution in [1.82, 2.24) is 10.2 Å². The molecule has 2 rings (SSSR count). The minimum Gasteiger partial charge on any atom is -0.327 e. The van der Waals surface area contributed by atoms with Gasteiger partial charge >= 0.3 is 0 Å². The summed E-state index contributed by atoms with van der Waals surface area (Å²) in [7, 11) is 0. The number of amides is 1. The van der Waals surface area contributed by atoms with Crippen LogP contribution >= 0.6 is 11.8 Å². The number of hydrogen-bond acceptors (Lipinski definition) is 3. The van der Waals surface area contributed by atoms with E-state index in [1.807, 2.05) is 16.7 Å². The molecule has 0 radical (unpaired) electrons. The van der Waals surface area contributed by atoms with Gasteiger partial charge in [-0.2, -0.15) is 11.8 Å². The molecule has 1 amide bonds. The fourth-order valence-corrected chi connectivity index (χ4v) is 3.71. The monoisotopic (exact) mass is 256 g/mol. The molecular formula is C13H24N2OS. The van der Waals surface area contributed by atoms with E-state index in [0.717, 1.165) is 19.6 Å². The summed E-state index contributed by atoms with van der Waals surface area (Å²) in [5.41, 5.74) is 0. The molecule has 0 aromatic rings. The first-order valence-electron chi connectivity index (χ1n) is 6.69. The fraction of sp³-hybridized carbons (Fsp3) is 0.923. The molecule has 2 unspecified atom stereocenters. The van der Waals surface area contributed by atoms with Crippen LogP contribution in [0.2, 0.25) is 0 Å². The summed E-state index contributed by atoms with van der Waals surface area (Å²) in [5.74, 6) is 0.763. The van der Waals surface area contributed by atoms with Crippen LogP contribution < -0.4 is 5.32 Å². The van der Waals surface area contributed by atoms with Gasteiger partial charge in [-0.25, -0.2) is 0 Å². The molecule has 1 saturated heterocycles. The lowest BCUT2D eigenvalue weighted by atomic mass is 9.83. The number of rotatable bonds is 5. The van der Waals surface area contributed by atoms with Crippen molar-refractivity contribution in [3.8, 4) is 0 Å². The van der Waals surface area contributed by atoms with Gasteiger partial charge in [-0.05, 0) is 25.0 Å². The number of hydrogen-bond donors (Lipinski definition) is 1. The standard InChI is InChI=1S/C13H24N2OS/c1-4-10(2)11-12(16)15(9-14-11)8-13(17-3)6-5-7-13/h10-11,14H,4-9H2,1-3H3. The molecule has 4 heteroatoms. The third-order valence-corrected chi connectivity index (χ3v) is 5.87. The average molecular weight is 256 g/mol. The van der Waals surface area contributed by atoms with E-state index in [1.165, 1.54) is 19.3 Å². The summed E-state index contributed by atoms with van der Waals surface area (Å²) in [4.78, 5) is 14.3. The van der Waals surface area contributed by atoms with Crippen molar-refractivity contribution in [1.29, 1.82) is 0 Å². The lowest BCUT2D eigenvalue weighted by Crippen LogP contribution is -2.47. The highest BCUT2D eigenvalue weighted by atomic mass is 32.2. The molecule has 1 heterocycles. The molecule has 0 aromatic heterocycles. The number of nitrogens with zero attached hydrogens (tertiary/aromatic N) is 1. The van der Waals surface area contributed by atoms with Crippen molar-refractivity contribution in [2.24, 2.45) is 5.92 Å². The molecule has 0 bridgehead atoms. The lowest BCUT2D eigenvalue weighted by Gasteiger charge is -2.42. The van der Waals surface area contributed by atoms with Gasteiger partial charge in [-0.3, -0.25) is 10.1 Å². The number of carbonyl (C=O) groups excluding carboxylic acids is 1. The number of thioether (sulfide) groups is 1. The van der Waals surface area contributed by atoms with Gasteiger partial charge in [0.2, 0.25) is 5.91 Å². The van der Waals surface area contributed by atoms with Gasteiger partial charge in [0, 0.05) is 11.3 Å². The number of carbonyl (C=O) groups is 1. The third-order valence-electron chi connectivity index (χ3n) is 4.47. The van der Waals surface area contributed by atoms with Gasteiger partial charge in [0.05, 0.1) is 12.7 Å². The highest BCUT2D eigenvalue weighted by molar-refractivity contribution is 8.00. The molecule has 1 aliphatic heterocycles. The van der Waals surface area contributed by atoms with Crippen LogP contribution in [0.15, 0.2) is 0 Å². The first-order valence-corrected chi connectivity index (χ1v) is 7.91. The van der Waals surface area contributed by atoms with Crippen molar-refractivity contribution < 1.29 is 4.79 Å². The van der Waals surface area contributed by atoms with E-state index < -0.39 is 0 Å². The minimum atomic E-state index is 0.0546. The van der Waals surface area contributed by atoms with Crippen molar-refractivity contribution in [3.63, 3.8) is 0 Å². The predicted molar refractivity (Wildman–Crippen MR) is 73.1 cm³/mol. The second kappa shape index (κ2) is 5.19. The molecule has 0 spiro atoms. The van der Waals surface area contributed by atoms with Gasteiger partial charge in [-0.1, -0.05) is 26.7 Å². The molecule has 98 valence electrons. The molecule has 0 aromatic carbocycles. The van der Waals surface area contributed by atoms with E-state index in [1.54, 1.807) is 0 Å².